The maximum atomic E-state index is 12.7. The van der Waals surface area contributed by atoms with Crippen molar-refractivity contribution in [2.75, 3.05) is 27.2 Å². The average Bonchev–Trinajstić information content (AvgIpc) is 2.54. The topological polar surface area (TPSA) is 102 Å². The van der Waals surface area contributed by atoms with Gasteiger partial charge in [-0.1, -0.05) is 0 Å². The Labute approximate surface area is 129 Å². The summed E-state index contributed by atoms with van der Waals surface area (Å²) in [5.41, 5.74) is -0.256. The standard InChI is InChI=1S/C13H19N3O5S/c1-14-10-4-3-7-15(9-10)22(19,20)11-5-6-12(16(17)18)13(8-11)21-2/h5-6,8,10,14H,3-4,7,9H2,1-2H3. The number of nitrogens with one attached hydrogen (secondary N) is 1. The Hall–Kier alpha value is -1.71. The number of piperidine rings is 1. The third-order valence-corrected chi connectivity index (χ3v) is 5.64. The second kappa shape index (κ2) is 6.59. The normalized spacial score (nSPS) is 19.8. The molecule has 9 heteroatoms. The second-order valence-corrected chi connectivity index (χ2v) is 7.02. The summed E-state index contributed by atoms with van der Waals surface area (Å²) in [6.07, 6.45) is 1.70. The van der Waals surface area contributed by atoms with Gasteiger partial charge in [-0.15, -0.1) is 0 Å². The minimum Gasteiger partial charge on any atom is -0.490 e. The van der Waals surface area contributed by atoms with Crippen LogP contribution in [0.4, 0.5) is 5.69 Å². The summed E-state index contributed by atoms with van der Waals surface area (Å²) in [6.45, 7) is 0.831. The molecule has 2 rings (SSSR count). The zero-order valence-corrected chi connectivity index (χ0v) is 13.3. The van der Waals surface area contributed by atoms with E-state index in [0.717, 1.165) is 18.9 Å². The van der Waals surface area contributed by atoms with Gasteiger partial charge >= 0.3 is 5.69 Å². The molecule has 8 nitrogen and oxygen atoms in total. The summed E-state index contributed by atoms with van der Waals surface area (Å²) < 4.78 is 31.7. The Kier molecular flexibility index (Phi) is 4.99. The number of benzene rings is 1. The largest absolute Gasteiger partial charge is 0.490 e. The van der Waals surface area contributed by atoms with Gasteiger partial charge in [0.2, 0.25) is 10.0 Å². The molecule has 0 aromatic heterocycles. The molecule has 0 saturated carbocycles. The van der Waals surface area contributed by atoms with Crippen LogP contribution in [0.2, 0.25) is 0 Å². The molecule has 1 aliphatic heterocycles. The van der Waals surface area contributed by atoms with Gasteiger partial charge in [0.05, 0.1) is 16.9 Å². The number of likely N-dealkylation sites (N-methyl/N-ethyl adjacent to an activating group) is 1. The number of sulfonamides is 1. The molecular formula is C13H19N3O5S. The Morgan fingerprint density at radius 3 is 2.77 bits per heavy atom. The molecule has 1 aliphatic rings. The molecular weight excluding hydrogens is 310 g/mol. The number of nitrogens with zero attached hydrogens (tertiary/aromatic N) is 2. The van der Waals surface area contributed by atoms with Crippen molar-refractivity contribution in [1.82, 2.24) is 9.62 Å². The van der Waals surface area contributed by atoms with Gasteiger partial charge in [-0.2, -0.15) is 4.31 Å². The minimum atomic E-state index is -3.69. The molecule has 1 N–H and O–H groups in total. The van der Waals surface area contributed by atoms with Crippen LogP contribution in [-0.4, -0.2) is 50.9 Å². The van der Waals surface area contributed by atoms with E-state index in [1.165, 1.54) is 23.5 Å². The number of ether oxygens (including phenoxy) is 1. The molecule has 1 aromatic carbocycles. The lowest BCUT2D eigenvalue weighted by Crippen LogP contribution is -2.46. The van der Waals surface area contributed by atoms with Gasteiger partial charge in [-0.25, -0.2) is 8.42 Å². The molecule has 22 heavy (non-hydrogen) atoms. The van der Waals surface area contributed by atoms with Gasteiger partial charge in [0.1, 0.15) is 0 Å². The van der Waals surface area contributed by atoms with Crippen molar-refractivity contribution in [3.05, 3.63) is 28.3 Å². The van der Waals surface area contributed by atoms with Crippen molar-refractivity contribution < 1.29 is 18.1 Å². The SMILES string of the molecule is CNC1CCCN(S(=O)(=O)c2ccc([N+](=O)[O-])c(OC)c2)C1. The Balaban J connectivity index is 2.35. The number of nitro groups is 1. The lowest BCUT2D eigenvalue weighted by Gasteiger charge is -2.31. The third kappa shape index (κ3) is 3.21. The zero-order valence-electron chi connectivity index (χ0n) is 12.5. The van der Waals surface area contributed by atoms with Crippen molar-refractivity contribution in [1.29, 1.82) is 0 Å². The van der Waals surface area contributed by atoms with Gasteiger partial charge in [0.25, 0.3) is 0 Å². The van der Waals surface area contributed by atoms with Gasteiger partial charge in [-0.05, 0) is 26.0 Å². The first-order chi connectivity index (χ1) is 10.4. The van der Waals surface area contributed by atoms with E-state index < -0.39 is 14.9 Å². The van der Waals surface area contributed by atoms with Crippen LogP contribution in [0.25, 0.3) is 0 Å². The summed E-state index contributed by atoms with van der Waals surface area (Å²) in [6, 6.07) is 3.73. The van der Waals surface area contributed by atoms with Crippen LogP contribution in [0.5, 0.6) is 5.75 Å². The van der Waals surface area contributed by atoms with Crippen molar-refractivity contribution in [2.24, 2.45) is 0 Å². The number of rotatable bonds is 5. The van der Waals surface area contributed by atoms with E-state index in [0.29, 0.717) is 13.1 Å². The Morgan fingerprint density at radius 2 is 2.18 bits per heavy atom. The zero-order chi connectivity index (χ0) is 16.3. The summed E-state index contributed by atoms with van der Waals surface area (Å²) in [4.78, 5) is 10.3. The quantitative estimate of drug-likeness (QED) is 0.638. The van der Waals surface area contributed by atoms with E-state index in [1.807, 2.05) is 0 Å². The van der Waals surface area contributed by atoms with E-state index in [1.54, 1.807) is 7.05 Å². The predicted octanol–water partition coefficient (Wildman–Crippen LogP) is 0.976. The van der Waals surface area contributed by atoms with Crippen LogP contribution in [0.1, 0.15) is 12.8 Å². The molecule has 1 heterocycles. The maximum absolute atomic E-state index is 12.7. The Morgan fingerprint density at radius 1 is 1.45 bits per heavy atom. The first kappa shape index (κ1) is 16.7. The molecule has 0 radical (unpaired) electrons. The van der Waals surface area contributed by atoms with E-state index in [4.69, 9.17) is 4.74 Å². The van der Waals surface area contributed by atoms with Gasteiger partial charge in [-0.3, -0.25) is 10.1 Å². The highest BCUT2D eigenvalue weighted by Gasteiger charge is 2.31. The highest BCUT2D eigenvalue weighted by molar-refractivity contribution is 7.89. The van der Waals surface area contributed by atoms with E-state index in [9.17, 15) is 18.5 Å². The predicted molar refractivity (Wildman–Crippen MR) is 80.5 cm³/mol. The van der Waals surface area contributed by atoms with Crippen molar-refractivity contribution in [3.63, 3.8) is 0 Å². The lowest BCUT2D eigenvalue weighted by molar-refractivity contribution is -0.385. The molecule has 1 aromatic rings. The number of methoxy groups -OCH3 is 1. The fraction of sp³-hybridized carbons (Fsp3) is 0.538. The minimum absolute atomic E-state index is 0.00621. The summed E-state index contributed by atoms with van der Waals surface area (Å²) >= 11 is 0. The number of hydrogen-bond donors (Lipinski definition) is 1. The summed E-state index contributed by atoms with van der Waals surface area (Å²) in [5, 5.41) is 14.0. The van der Waals surface area contributed by atoms with Crippen LogP contribution in [-0.2, 0) is 10.0 Å². The highest BCUT2D eigenvalue weighted by atomic mass is 32.2. The van der Waals surface area contributed by atoms with Crippen LogP contribution in [0.15, 0.2) is 23.1 Å². The molecule has 0 amide bonds. The number of hydrogen-bond acceptors (Lipinski definition) is 6. The van der Waals surface area contributed by atoms with Crippen molar-refractivity contribution >= 4 is 15.7 Å². The van der Waals surface area contributed by atoms with Crippen LogP contribution in [0.3, 0.4) is 0 Å². The fourth-order valence-corrected chi connectivity index (χ4v) is 4.05. The molecule has 1 saturated heterocycles. The number of nitro benzene ring substituents is 1. The van der Waals surface area contributed by atoms with Crippen LogP contribution >= 0.6 is 0 Å². The first-order valence-electron chi connectivity index (χ1n) is 6.90. The average molecular weight is 329 g/mol. The van der Waals surface area contributed by atoms with E-state index >= 15 is 0 Å². The molecule has 0 bridgehead atoms. The third-order valence-electron chi connectivity index (χ3n) is 3.78. The highest BCUT2D eigenvalue weighted by Crippen LogP contribution is 2.31. The summed E-state index contributed by atoms with van der Waals surface area (Å²) in [5.74, 6) is -0.0618. The van der Waals surface area contributed by atoms with Gasteiger partial charge in [0.15, 0.2) is 5.75 Å². The van der Waals surface area contributed by atoms with E-state index in [2.05, 4.69) is 5.32 Å². The Bertz CT molecular complexity index is 662. The van der Waals surface area contributed by atoms with Crippen molar-refractivity contribution in [2.45, 2.75) is 23.8 Å². The van der Waals surface area contributed by atoms with Crippen LogP contribution < -0.4 is 10.1 Å². The molecule has 1 unspecified atom stereocenters. The first-order valence-corrected chi connectivity index (χ1v) is 8.34. The molecule has 0 spiro atoms. The monoisotopic (exact) mass is 329 g/mol. The molecule has 122 valence electrons. The maximum Gasteiger partial charge on any atom is 0.310 e. The smallest absolute Gasteiger partial charge is 0.310 e. The van der Waals surface area contributed by atoms with E-state index in [-0.39, 0.29) is 22.4 Å². The van der Waals surface area contributed by atoms with Crippen molar-refractivity contribution in [3.8, 4) is 5.75 Å². The molecule has 1 atom stereocenters. The lowest BCUT2D eigenvalue weighted by atomic mass is 10.1. The van der Waals surface area contributed by atoms with Crippen LogP contribution in [0, 0.1) is 10.1 Å². The fourth-order valence-electron chi connectivity index (χ4n) is 2.51. The van der Waals surface area contributed by atoms with Gasteiger partial charge in [0, 0.05) is 31.3 Å². The molecule has 1 fully saturated rings. The van der Waals surface area contributed by atoms with Gasteiger partial charge < -0.3 is 10.1 Å². The molecule has 0 aliphatic carbocycles. The summed E-state index contributed by atoms with van der Waals surface area (Å²) in [7, 11) is -0.614. The second-order valence-electron chi connectivity index (χ2n) is 5.08.